The van der Waals surface area contributed by atoms with Crippen LogP contribution in [0, 0.1) is 0 Å². The van der Waals surface area contributed by atoms with Gasteiger partial charge in [-0.1, -0.05) is 6.92 Å². The lowest BCUT2D eigenvalue weighted by Crippen LogP contribution is -2.49. The number of carbonyl (C=O) groups excluding carboxylic acids is 1. The average Bonchev–Trinajstić information content (AvgIpc) is 2.76. The summed E-state index contributed by atoms with van der Waals surface area (Å²) in [5.41, 5.74) is 0.113. The molecular formula is C15H23FN2O5. The van der Waals surface area contributed by atoms with E-state index in [4.69, 9.17) is 14.2 Å². The van der Waals surface area contributed by atoms with E-state index in [0.717, 1.165) is 12.6 Å². The molecule has 2 aliphatic heterocycles. The average molecular weight is 330 g/mol. The van der Waals surface area contributed by atoms with Crippen molar-refractivity contribution in [1.82, 2.24) is 4.90 Å². The molecule has 0 amide bonds. The van der Waals surface area contributed by atoms with Crippen molar-refractivity contribution in [1.29, 1.82) is 0 Å². The highest BCUT2D eigenvalue weighted by molar-refractivity contribution is 5.96. The molecule has 5 atom stereocenters. The van der Waals surface area contributed by atoms with Gasteiger partial charge in [0.2, 0.25) is 6.35 Å². The first-order chi connectivity index (χ1) is 10.8. The van der Waals surface area contributed by atoms with E-state index in [9.17, 15) is 14.3 Å². The molecule has 0 aliphatic carbocycles. The Morgan fingerprint density at radius 2 is 2.22 bits per heavy atom. The van der Waals surface area contributed by atoms with Gasteiger partial charge < -0.3 is 24.2 Å². The van der Waals surface area contributed by atoms with Crippen molar-refractivity contribution < 1.29 is 28.5 Å². The second kappa shape index (κ2) is 7.37. The van der Waals surface area contributed by atoms with E-state index in [0.29, 0.717) is 6.61 Å². The van der Waals surface area contributed by atoms with Crippen LogP contribution in [-0.4, -0.2) is 59.2 Å². The highest BCUT2D eigenvalue weighted by atomic mass is 19.1. The number of aliphatic hydroxyl groups excluding tert-OH is 1. The smallest absolute Gasteiger partial charge is 0.303 e. The Hall–Kier alpha value is -1.51. The normalized spacial score (nSPS) is 34.2. The predicted molar refractivity (Wildman–Crippen MR) is 80.1 cm³/mol. The molecule has 8 heteroatoms. The number of aliphatic imine (C=N–C) groups is 1. The molecule has 1 saturated heterocycles. The van der Waals surface area contributed by atoms with Crippen molar-refractivity contribution in [2.45, 2.75) is 65.0 Å². The number of aliphatic hydroxyl groups is 1. The minimum Gasteiger partial charge on any atom is -0.457 e. The van der Waals surface area contributed by atoms with Gasteiger partial charge in [0.25, 0.3) is 0 Å². The molecule has 0 bridgehead atoms. The number of carbonyl (C=O) groups is 1. The first kappa shape index (κ1) is 17.8. The maximum atomic E-state index is 13.8. The summed E-state index contributed by atoms with van der Waals surface area (Å²) < 4.78 is 30.6. The molecule has 5 unspecified atom stereocenters. The van der Waals surface area contributed by atoms with Crippen molar-refractivity contribution in [3.63, 3.8) is 0 Å². The molecule has 1 fully saturated rings. The van der Waals surface area contributed by atoms with Gasteiger partial charge in [-0.25, -0.2) is 9.38 Å². The molecule has 130 valence electrons. The van der Waals surface area contributed by atoms with Crippen LogP contribution in [0.15, 0.2) is 17.0 Å². The summed E-state index contributed by atoms with van der Waals surface area (Å²) in [7, 11) is 0. The third-order valence-corrected chi connectivity index (χ3v) is 3.72. The number of hydrogen-bond acceptors (Lipinski definition) is 7. The summed E-state index contributed by atoms with van der Waals surface area (Å²) in [5, 5.41) is 10.1. The summed E-state index contributed by atoms with van der Waals surface area (Å²) in [6.45, 7) is 6.88. The molecule has 0 aromatic carbocycles. The molecule has 0 aromatic rings. The van der Waals surface area contributed by atoms with Crippen molar-refractivity contribution in [2.75, 3.05) is 6.61 Å². The second-order valence-electron chi connectivity index (χ2n) is 5.63. The molecule has 2 aliphatic rings. The van der Waals surface area contributed by atoms with Gasteiger partial charge in [0.1, 0.15) is 6.10 Å². The Balaban J connectivity index is 2.23. The maximum Gasteiger partial charge on any atom is 0.303 e. The maximum absolute atomic E-state index is 13.8. The fourth-order valence-corrected chi connectivity index (χ4v) is 2.63. The van der Waals surface area contributed by atoms with Gasteiger partial charge in [-0.2, -0.15) is 0 Å². The Bertz CT molecular complexity index is 510. The van der Waals surface area contributed by atoms with Crippen molar-refractivity contribution in [3.05, 3.63) is 12.0 Å². The zero-order valence-corrected chi connectivity index (χ0v) is 13.7. The lowest BCUT2D eigenvalue weighted by atomic mass is 10.1. The Kier molecular flexibility index (Phi) is 5.72. The Morgan fingerprint density at radius 3 is 2.83 bits per heavy atom. The van der Waals surface area contributed by atoms with Gasteiger partial charge in [0.15, 0.2) is 18.2 Å². The summed E-state index contributed by atoms with van der Waals surface area (Å²) in [6, 6.07) is 0. The van der Waals surface area contributed by atoms with Crippen molar-refractivity contribution >= 4 is 11.7 Å². The van der Waals surface area contributed by atoms with Crippen LogP contribution in [0.1, 0.15) is 34.1 Å². The largest absolute Gasteiger partial charge is 0.457 e. The van der Waals surface area contributed by atoms with Gasteiger partial charge in [0, 0.05) is 19.7 Å². The number of esters is 1. The second-order valence-corrected chi connectivity index (χ2v) is 5.63. The zero-order valence-electron chi connectivity index (χ0n) is 13.7. The highest BCUT2D eigenvalue weighted by Gasteiger charge is 2.49. The van der Waals surface area contributed by atoms with Crippen LogP contribution in [0.2, 0.25) is 0 Å². The van der Waals surface area contributed by atoms with Crippen molar-refractivity contribution in [2.24, 2.45) is 4.99 Å². The summed E-state index contributed by atoms with van der Waals surface area (Å²) >= 11 is 0. The lowest BCUT2D eigenvalue weighted by molar-refractivity contribution is -0.157. The molecule has 2 rings (SSSR count). The Labute approximate surface area is 134 Å². The number of allylic oxidation sites excluding steroid dienone is 1. The molecule has 0 spiro atoms. The lowest BCUT2D eigenvalue weighted by Gasteiger charge is -2.35. The van der Waals surface area contributed by atoms with Crippen LogP contribution in [0.4, 0.5) is 4.39 Å². The van der Waals surface area contributed by atoms with E-state index in [1.165, 1.54) is 18.7 Å². The van der Waals surface area contributed by atoms with E-state index in [1.54, 1.807) is 6.92 Å². The molecule has 0 radical (unpaired) electrons. The first-order valence-corrected chi connectivity index (χ1v) is 7.67. The topological polar surface area (TPSA) is 80.6 Å². The number of rotatable bonds is 5. The van der Waals surface area contributed by atoms with E-state index in [-0.39, 0.29) is 5.71 Å². The standard InChI is InChI=1S/C15H23FN2O5/c1-5-6-21-13-12(23-10(4)19)9(3)22-14(13)18-7-11(16)8(2)17-15(18)20/h7,9,12-15,20H,5-6H2,1-4H3. The van der Waals surface area contributed by atoms with Gasteiger partial charge >= 0.3 is 5.97 Å². The highest BCUT2D eigenvalue weighted by Crippen LogP contribution is 2.32. The van der Waals surface area contributed by atoms with Gasteiger partial charge in [-0.05, 0) is 20.3 Å². The molecule has 0 aromatic heterocycles. The quantitative estimate of drug-likeness (QED) is 0.766. The summed E-state index contributed by atoms with van der Waals surface area (Å²) in [5.74, 6) is -1.01. The van der Waals surface area contributed by atoms with Gasteiger partial charge in [-0.15, -0.1) is 0 Å². The first-order valence-electron chi connectivity index (χ1n) is 7.67. The van der Waals surface area contributed by atoms with Crippen LogP contribution in [0.5, 0.6) is 0 Å². The van der Waals surface area contributed by atoms with Crippen LogP contribution in [0.25, 0.3) is 0 Å². The minimum absolute atomic E-state index is 0.113. The third kappa shape index (κ3) is 3.88. The summed E-state index contributed by atoms with van der Waals surface area (Å²) in [6.07, 6.45) is -1.94. The van der Waals surface area contributed by atoms with Crippen LogP contribution < -0.4 is 0 Å². The molecule has 1 N–H and O–H groups in total. The third-order valence-electron chi connectivity index (χ3n) is 3.72. The van der Waals surface area contributed by atoms with Crippen LogP contribution in [0.3, 0.4) is 0 Å². The minimum atomic E-state index is -1.28. The number of ether oxygens (including phenoxy) is 3. The van der Waals surface area contributed by atoms with E-state index in [1.807, 2.05) is 6.92 Å². The molecule has 23 heavy (non-hydrogen) atoms. The van der Waals surface area contributed by atoms with Crippen LogP contribution >= 0.6 is 0 Å². The molecule has 7 nitrogen and oxygen atoms in total. The fraction of sp³-hybridized carbons (Fsp3) is 0.733. The Morgan fingerprint density at radius 1 is 1.52 bits per heavy atom. The fourth-order valence-electron chi connectivity index (χ4n) is 2.63. The predicted octanol–water partition coefficient (Wildman–Crippen LogP) is 1.32. The molecule has 0 saturated carbocycles. The number of halogens is 1. The SMILES string of the molecule is CCCOC1C(OC(C)=O)C(C)OC1N1C=C(F)C(C)=NC1O. The molecule has 2 heterocycles. The summed E-state index contributed by atoms with van der Waals surface area (Å²) in [4.78, 5) is 16.4. The monoisotopic (exact) mass is 330 g/mol. The zero-order chi connectivity index (χ0) is 17.1. The van der Waals surface area contributed by atoms with E-state index in [2.05, 4.69) is 4.99 Å². The number of nitrogens with zero attached hydrogens (tertiary/aromatic N) is 2. The van der Waals surface area contributed by atoms with Gasteiger partial charge in [0.05, 0.1) is 11.8 Å². The van der Waals surface area contributed by atoms with E-state index < -0.39 is 42.7 Å². The van der Waals surface area contributed by atoms with E-state index >= 15 is 0 Å². The van der Waals surface area contributed by atoms with Crippen LogP contribution in [-0.2, 0) is 19.0 Å². The number of hydrogen-bond donors (Lipinski definition) is 1. The van der Waals surface area contributed by atoms with Crippen molar-refractivity contribution in [3.8, 4) is 0 Å². The van der Waals surface area contributed by atoms with Gasteiger partial charge in [-0.3, -0.25) is 4.79 Å². The molecular weight excluding hydrogens is 307 g/mol.